The van der Waals surface area contributed by atoms with Crippen molar-refractivity contribution in [3.05, 3.63) is 35.6 Å². The van der Waals surface area contributed by atoms with Crippen molar-refractivity contribution in [2.45, 2.75) is 43.0 Å². The molecule has 0 aromatic heterocycles. The number of nitrogens with two attached hydrogens (primary N) is 1. The van der Waals surface area contributed by atoms with Crippen LogP contribution in [0.1, 0.15) is 32.4 Å². The second-order valence-electron chi connectivity index (χ2n) is 6.94. The van der Waals surface area contributed by atoms with Gasteiger partial charge in [0, 0.05) is 5.56 Å². The lowest BCUT2D eigenvalue weighted by molar-refractivity contribution is -0.161. The van der Waals surface area contributed by atoms with Crippen LogP contribution in [-0.4, -0.2) is 52.6 Å². The highest BCUT2D eigenvalue weighted by Gasteiger charge is 2.53. The Labute approximate surface area is 161 Å². The first kappa shape index (κ1) is 21.2. The summed E-state index contributed by atoms with van der Waals surface area (Å²) in [5, 5.41) is -2.14. The Bertz CT molecular complexity index is 737. The highest BCUT2D eigenvalue weighted by Crippen LogP contribution is 2.46. The zero-order valence-corrected chi connectivity index (χ0v) is 16.4. The maximum Gasteiger partial charge on any atom is 0.340 e. The van der Waals surface area contributed by atoms with E-state index in [1.165, 1.54) is 25.3 Å². The summed E-state index contributed by atoms with van der Waals surface area (Å²) in [5.74, 6) is -2.58. The van der Waals surface area contributed by atoms with Crippen LogP contribution in [0.15, 0.2) is 24.3 Å². The van der Waals surface area contributed by atoms with E-state index < -0.39 is 52.5 Å². The molecule has 1 aliphatic heterocycles. The molecule has 7 nitrogen and oxygen atoms in total. The average Bonchev–Trinajstić information content (AvgIpc) is 2.99. The maximum absolute atomic E-state index is 14.5. The third kappa shape index (κ3) is 4.59. The number of carbonyl (C=O) groups is 3. The number of hydrogen-bond donors (Lipinski definition) is 1. The number of esters is 2. The monoisotopic (exact) mass is 398 g/mol. The molecule has 1 aromatic rings. The molecule has 0 aliphatic carbocycles. The van der Waals surface area contributed by atoms with E-state index in [-0.39, 0.29) is 5.56 Å². The zero-order chi connectivity index (χ0) is 20.4. The normalized spacial score (nSPS) is 22.4. The molecule has 2 rings (SSSR count). The van der Waals surface area contributed by atoms with E-state index in [1.54, 1.807) is 26.8 Å². The lowest BCUT2D eigenvalue weighted by Crippen LogP contribution is -2.46. The van der Waals surface area contributed by atoms with Crippen molar-refractivity contribution in [2.24, 2.45) is 5.73 Å². The van der Waals surface area contributed by atoms with Gasteiger partial charge in [0.05, 0.1) is 19.7 Å². The molecule has 1 heterocycles. The number of carbonyl (C=O) groups excluding carboxylic acids is 3. The summed E-state index contributed by atoms with van der Waals surface area (Å²) in [7, 11) is 1.19. The van der Waals surface area contributed by atoms with Crippen molar-refractivity contribution in [2.75, 3.05) is 13.7 Å². The standard InChI is InChI=1S/C18H23FN2O5S/c1-18(2,3)26-17(24)15-21(12(22)9-20)13(14(27-15)16(23)25-4)10-7-5-6-8-11(10)19/h5-8,13-15H,9,20H2,1-4H3/t13-,14+,15-/m0/s1. The van der Waals surface area contributed by atoms with Gasteiger partial charge in [0.1, 0.15) is 16.7 Å². The van der Waals surface area contributed by atoms with Gasteiger partial charge in [-0.3, -0.25) is 9.59 Å². The molecule has 1 saturated heterocycles. The van der Waals surface area contributed by atoms with Crippen LogP contribution >= 0.6 is 11.8 Å². The van der Waals surface area contributed by atoms with Crippen LogP contribution in [0.4, 0.5) is 4.39 Å². The molecule has 148 valence electrons. The fraction of sp³-hybridized carbons (Fsp3) is 0.500. The van der Waals surface area contributed by atoms with Crippen LogP contribution in [0.5, 0.6) is 0 Å². The van der Waals surface area contributed by atoms with Crippen molar-refractivity contribution < 1.29 is 28.2 Å². The van der Waals surface area contributed by atoms with Crippen molar-refractivity contribution in [1.82, 2.24) is 4.90 Å². The van der Waals surface area contributed by atoms with Gasteiger partial charge in [-0.05, 0) is 26.8 Å². The fourth-order valence-electron chi connectivity index (χ4n) is 2.81. The predicted octanol–water partition coefficient (Wildman–Crippen LogP) is 1.61. The SMILES string of the molecule is COC(=O)[C@@H]1S[C@@H](C(=O)OC(C)(C)C)N(C(=O)CN)[C@H]1c1ccccc1F. The summed E-state index contributed by atoms with van der Waals surface area (Å²) in [4.78, 5) is 38.7. The highest BCUT2D eigenvalue weighted by molar-refractivity contribution is 8.02. The minimum atomic E-state index is -1.14. The van der Waals surface area contributed by atoms with Gasteiger partial charge >= 0.3 is 11.9 Å². The zero-order valence-electron chi connectivity index (χ0n) is 15.6. The molecule has 1 aliphatic rings. The molecule has 3 atom stereocenters. The van der Waals surface area contributed by atoms with Gasteiger partial charge in [-0.25, -0.2) is 9.18 Å². The maximum atomic E-state index is 14.5. The summed E-state index contributed by atoms with van der Waals surface area (Å²) in [5.41, 5.74) is 4.82. The van der Waals surface area contributed by atoms with E-state index in [4.69, 9.17) is 15.2 Å². The van der Waals surface area contributed by atoms with E-state index in [1.807, 2.05) is 0 Å². The summed E-state index contributed by atoms with van der Waals surface area (Å²) >= 11 is 0.889. The molecule has 2 N–H and O–H groups in total. The van der Waals surface area contributed by atoms with E-state index >= 15 is 0 Å². The Morgan fingerprint density at radius 1 is 1.22 bits per heavy atom. The Kier molecular flexibility index (Phi) is 6.48. The van der Waals surface area contributed by atoms with Gasteiger partial charge in [-0.2, -0.15) is 0 Å². The van der Waals surface area contributed by atoms with Gasteiger partial charge in [0.25, 0.3) is 0 Å². The van der Waals surface area contributed by atoms with Crippen LogP contribution in [-0.2, 0) is 23.9 Å². The predicted molar refractivity (Wildman–Crippen MR) is 98.1 cm³/mol. The van der Waals surface area contributed by atoms with Gasteiger partial charge < -0.3 is 20.1 Å². The minimum Gasteiger partial charge on any atom is -0.468 e. The Morgan fingerprint density at radius 3 is 2.37 bits per heavy atom. The molecule has 9 heteroatoms. The third-order valence-corrected chi connectivity index (χ3v) is 5.26. The van der Waals surface area contributed by atoms with Gasteiger partial charge in [0.2, 0.25) is 5.91 Å². The van der Waals surface area contributed by atoms with Gasteiger partial charge in [-0.15, -0.1) is 11.8 Å². The molecule has 1 aromatic carbocycles. The lowest BCUT2D eigenvalue weighted by Gasteiger charge is -2.31. The Morgan fingerprint density at radius 2 is 1.85 bits per heavy atom. The quantitative estimate of drug-likeness (QED) is 0.769. The molecule has 1 amide bonds. The second kappa shape index (κ2) is 8.26. The number of nitrogens with zero attached hydrogens (tertiary/aromatic N) is 1. The topological polar surface area (TPSA) is 98.9 Å². The molecule has 0 spiro atoms. The number of amides is 1. The van der Waals surface area contributed by atoms with Crippen LogP contribution in [0, 0.1) is 5.82 Å². The summed E-state index contributed by atoms with van der Waals surface area (Å²) in [6.45, 7) is 4.65. The van der Waals surface area contributed by atoms with Crippen molar-refractivity contribution in [1.29, 1.82) is 0 Å². The number of methoxy groups -OCH3 is 1. The van der Waals surface area contributed by atoms with Crippen molar-refractivity contribution >= 4 is 29.6 Å². The Hall–Kier alpha value is -2.13. The van der Waals surface area contributed by atoms with Crippen LogP contribution in [0.3, 0.4) is 0 Å². The smallest absolute Gasteiger partial charge is 0.340 e. The van der Waals surface area contributed by atoms with Gasteiger partial charge in [-0.1, -0.05) is 18.2 Å². The molecule has 0 unspecified atom stereocenters. The minimum absolute atomic E-state index is 0.105. The van der Waals surface area contributed by atoms with Crippen molar-refractivity contribution in [3.63, 3.8) is 0 Å². The second-order valence-corrected chi connectivity index (χ2v) is 8.16. The summed E-state index contributed by atoms with van der Waals surface area (Å²) in [6.07, 6.45) is 0. The first-order chi connectivity index (χ1) is 12.6. The molecule has 0 bridgehead atoms. The number of rotatable bonds is 4. The average molecular weight is 398 g/mol. The number of halogens is 1. The number of thioether (sulfide) groups is 1. The first-order valence-corrected chi connectivity index (χ1v) is 9.26. The van der Waals surface area contributed by atoms with Crippen LogP contribution in [0.25, 0.3) is 0 Å². The fourth-order valence-corrected chi connectivity index (χ4v) is 4.26. The van der Waals surface area contributed by atoms with E-state index in [0.717, 1.165) is 16.7 Å². The van der Waals surface area contributed by atoms with E-state index in [2.05, 4.69) is 0 Å². The molecular formula is C18H23FN2O5S. The van der Waals surface area contributed by atoms with Crippen LogP contribution in [0.2, 0.25) is 0 Å². The largest absolute Gasteiger partial charge is 0.468 e. The molecular weight excluding hydrogens is 375 g/mol. The molecule has 0 saturated carbocycles. The molecule has 27 heavy (non-hydrogen) atoms. The summed E-state index contributed by atoms with van der Waals surface area (Å²) < 4.78 is 24.7. The molecule has 0 radical (unpaired) electrons. The molecule has 1 fully saturated rings. The van der Waals surface area contributed by atoms with Crippen LogP contribution < -0.4 is 5.73 Å². The highest BCUT2D eigenvalue weighted by atomic mass is 32.2. The number of hydrogen-bond acceptors (Lipinski definition) is 7. The third-order valence-electron chi connectivity index (χ3n) is 3.84. The van der Waals surface area contributed by atoms with E-state index in [0.29, 0.717) is 0 Å². The van der Waals surface area contributed by atoms with E-state index in [9.17, 15) is 18.8 Å². The van der Waals surface area contributed by atoms with Crippen molar-refractivity contribution in [3.8, 4) is 0 Å². The van der Waals surface area contributed by atoms with Gasteiger partial charge in [0.15, 0.2) is 5.37 Å². The first-order valence-electron chi connectivity index (χ1n) is 8.32. The Balaban J connectivity index is 2.54. The lowest BCUT2D eigenvalue weighted by atomic mass is 10.0. The summed E-state index contributed by atoms with van der Waals surface area (Å²) in [6, 6.07) is 4.72. The number of ether oxygens (including phenoxy) is 2. The number of benzene rings is 1.